The lowest BCUT2D eigenvalue weighted by molar-refractivity contribution is -0.132. The number of benzene rings is 1. The molecule has 26 heavy (non-hydrogen) atoms. The predicted molar refractivity (Wildman–Crippen MR) is 104 cm³/mol. The summed E-state index contributed by atoms with van der Waals surface area (Å²) in [6.07, 6.45) is 10.1. The summed E-state index contributed by atoms with van der Waals surface area (Å²) in [6.45, 7) is 3.53. The van der Waals surface area contributed by atoms with Gasteiger partial charge >= 0.3 is 0 Å². The minimum atomic E-state index is -0.00391. The quantitative estimate of drug-likeness (QED) is 0.864. The molecule has 1 saturated heterocycles. The van der Waals surface area contributed by atoms with Gasteiger partial charge in [-0.1, -0.05) is 49.8 Å². The van der Waals surface area contributed by atoms with E-state index in [-0.39, 0.29) is 11.9 Å². The number of aryl methyl sites for hydroxylation is 1. The molecule has 0 unspecified atom stereocenters. The van der Waals surface area contributed by atoms with E-state index in [0.717, 1.165) is 49.4 Å². The summed E-state index contributed by atoms with van der Waals surface area (Å²) in [4.78, 5) is 26.8. The number of nitrogens with one attached hydrogen (secondary N) is 1. The van der Waals surface area contributed by atoms with Crippen LogP contribution in [0.2, 0.25) is 0 Å². The SMILES string of the molecule is Cc1cccc(C(=O)NC2CCN(C(=O)CCC3CCCCC3)CC2)c1. The Kier molecular flexibility index (Phi) is 6.70. The van der Waals surface area contributed by atoms with Gasteiger partial charge < -0.3 is 10.2 Å². The van der Waals surface area contributed by atoms with Crippen LogP contribution in [0, 0.1) is 12.8 Å². The average molecular weight is 357 g/mol. The van der Waals surface area contributed by atoms with Crippen LogP contribution in [0.15, 0.2) is 24.3 Å². The van der Waals surface area contributed by atoms with Gasteiger partial charge in [0.25, 0.3) is 5.91 Å². The van der Waals surface area contributed by atoms with E-state index in [2.05, 4.69) is 5.32 Å². The topological polar surface area (TPSA) is 49.4 Å². The Morgan fingerprint density at radius 2 is 1.81 bits per heavy atom. The van der Waals surface area contributed by atoms with Crippen LogP contribution in [0.3, 0.4) is 0 Å². The molecule has 142 valence electrons. The van der Waals surface area contributed by atoms with E-state index in [1.165, 1.54) is 32.1 Å². The van der Waals surface area contributed by atoms with Gasteiger partial charge in [-0.15, -0.1) is 0 Å². The highest BCUT2D eigenvalue weighted by molar-refractivity contribution is 5.94. The van der Waals surface area contributed by atoms with Crippen molar-refractivity contribution >= 4 is 11.8 Å². The van der Waals surface area contributed by atoms with Gasteiger partial charge in [-0.25, -0.2) is 0 Å². The van der Waals surface area contributed by atoms with Crippen molar-refractivity contribution in [3.8, 4) is 0 Å². The average Bonchev–Trinajstić information content (AvgIpc) is 2.67. The van der Waals surface area contributed by atoms with Gasteiger partial charge in [-0.3, -0.25) is 9.59 Å². The zero-order chi connectivity index (χ0) is 18.4. The van der Waals surface area contributed by atoms with Gasteiger partial charge in [0.1, 0.15) is 0 Å². The van der Waals surface area contributed by atoms with Gasteiger partial charge in [-0.05, 0) is 44.2 Å². The van der Waals surface area contributed by atoms with Crippen LogP contribution in [0.5, 0.6) is 0 Å². The van der Waals surface area contributed by atoms with Crippen molar-refractivity contribution < 1.29 is 9.59 Å². The minimum Gasteiger partial charge on any atom is -0.349 e. The lowest BCUT2D eigenvalue weighted by Crippen LogP contribution is -2.46. The molecule has 0 bridgehead atoms. The molecule has 1 aliphatic heterocycles. The summed E-state index contributed by atoms with van der Waals surface area (Å²) in [7, 11) is 0. The Hall–Kier alpha value is -1.84. The van der Waals surface area contributed by atoms with Crippen LogP contribution in [0.4, 0.5) is 0 Å². The van der Waals surface area contributed by atoms with E-state index in [9.17, 15) is 9.59 Å². The zero-order valence-electron chi connectivity index (χ0n) is 16.0. The Labute approximate surface area is 157 Å². The molecule has 1 heterocycles. The van der Waals surface area contributed by atoms with Crippen molar-refractivity contribution in [2.75, 3.05) is 13.1 Å². The number of nitrogens with zero attached hydrogens (tertiary/aromatic N) is 1. The molecule has 2 aliphatic rings. The van der Waals surface area contributed by atoms with Crippen molar-refractivity contribution in [3.05, 3.63) is 35.4 Å². The highest BCUT2D eigenvalue weighted by Crippen LogP contribution is 2.27. The fraction of sp³-hybridized carbons (Fsp3) is 0.636. The minimum absolute atomic E-state index is 0.00391. The van der Waals surface area contributed by atoms with Crippen LogP contribution in [-0.4, -0.2) is 35.8 Å². The summed E-state index contributed by atoms with van der Waals surface area (Å²) in [5.41, 5.74) is 1.81. The van der Waals surface area contributed by atoms with Crippen molar-refractivity contribution in [2.24, 2.45) is 5.92 Å². The Bertz CT molecular complexity index is 614. The van der Waals surface area contributed by atoms with Crippen molar-refractivity contribution in [1.82, 2.24) is 10.2 Å². The molecule has 2 fully saturated rings. The first-order chi connectivity index (χ1) is 12.6. The maximum atomic E-state index is 12.5. The maximum absolute atomic E-state index is 12.5. The summed E-state index contributed by atoms with van der Waals surface area (Å²) in [5.74, 6) is 1.06. The van der Waals surface area contributed by atoms with Crippen LogP contribution >= 0.6 is 0 Å². The molecule has 3 rings (SSSR count). The molecule has 0 atom stereocenters. The van der Waals surface area contributed by atoms with Crippen molar-refractivity contribution in [3.63, 3.8) is 0 Å². The first-order valence-electron chi connectivity index (χ1n) is 10.3. The number of hydrogen-bond donors (Lipinski definition) is 1. The smallest absolute Gasteiger partial charge is 0.251 e. The number of likely N-dealkylation sites (tertiary alicyclic amines) is 1. The van der Waals surface area contributed by atoms with Crippen LogP contribution < -0.4 is 5.32 Å². The molecule has 1 aromatic rings. The molecule has 2 amide bonds. The lowest BCUT2D eigenvalue weighted by atomic mass is 9.86. The second-order valence-electron chi connectivity index (χ2n) is 8.04. The monoisotopic (exact) mass is 356 g/mol. The molecule has 1 saturated carbocycles. The van der Waals surface area contributed by atoms with Gasteiger partial charge in [0.2, 0.25) is 5.91 Å². The summed E-state index contributed by atoms with van der Waals surface area (Å²) in [6, 6.07) is 7.85. The Morgan fingerprint density at radius 1 is 1.08 bits per heavy atom. The first-order valence-corrected chi connectivity index (χ1v) is 10.3. The molecule has 1 N–H and O–H groups in total. The summed E-state index contributed by atoms with van der Waals surface area (Å²) >= 11 is 0. The molecule has 4 heteroatoms. The molecule has 0 spiro atoms. The Morgan fingerprint density at radius 3 is 2.50 bits per heavy atom. The maximum Gasteiger partial charge on any atom is 0.251 e. The van der Waals surface area contributed by atoms with Crippen molar-refractivity contribution in [1.29, 1.82) is 0 Å². The number of carbonyl (C=O) groups is 2. The van der Waals surface area contributed by atoms with E-state index in [0.29, 0.717) is 12.3 Å². The predicted octanol–water partition coefficient (Wildman–Crippen LogP) is 4.08. The van der Waals surface area contributed by atoms with Gasteiger partial charge in [0.15, 0.2) is 0 Å². The normalized spacial score (nSPS) is 19.3. The van der Waals surface area contributed by atoms with E-state index in [1.54, 1.807) is 0 Å². The molecular weight excluding hydrogens is 324 g/mol. The number of rotatable bonds is 5. The van der Waals surface area contributed by atoms with E-state index < -0.39 is 0 Å². The van der Waals surface area contributed by atoms with Crippen molar-refractivity contribution in [2.45, 2.75) is 70.8 Å². The molecule has 1 aliphatic carbocycles. The van der Waals surface area contributed by atoms with E-state index >= 15 is 0 Å². The second kappa shape index (κ2) is 9.20. The van der Waals surface area contributed by atoms with E-state index in [1.807, 2.05) is 36.1 Å². The fourth-order valence-corrected chi connectivity index (χ4v) is 4.29. The van der Waals surface area contributed by atoms with Crippen LogP contribution in [-0.2, 0) is 4.79 Å². The third-order valence-corrected chi connectivity index (χ3v) is 5.95. The van der Waals surface area contributed by atoms with E-state index in [4.69, 9.17) is 0 Å². The summed E-state index contributed by atoms with van der Waals surface area (Å²) in [5, 5.41) is 3.13. The Balaban J connectivity index is 1.39. The third kappa shape index (κ3) is 5.33. The fourth-order valence-electron chi connectivity index (χ4n) is 4.29. The highest BCUT2D eigenvalue weighted by Gasteiger charge is 2.25. The van der Waals surface area contributed by atoms with Gasteiger partial charge in [0, 0.05) is 31.1 Å². The summed E-state index contributed by atoms with van der Waals surface area (Å²) < 4.78 is 0. The molecular formula is C22H32N2O2. The highest BCUT2D eigenvalue weighted by atomic mass is 16.2. The standard InChI is InChI=1S/C22H32N2O2/c1-17-6-5-9-19(16-17)22(26)23-20-12-14-24(15-13-20)21(25)11-10-18-7-3-2-4-8-18/h5-6,9,16,18,20H,2-4,7-8,10-15H2,1H3,(H,23,26). The largest absolute Gasteiger partial charge is 0.349 e. The molecule has 1 aromatic carbocycles. The van der Waals surface area contributed by atoms with Crippen LogP contribution in [0.1, 0.15) is 73.7 Å². The molecule has 0 aromatic heterocycles. The number of hydrogen-bond acceptors (Lipinski definition) is 2. The van der Waals surface area contributed by atoms with Gasteiger partial charge in [0.05, 0.1) is 0 Å². The number of amides is 2. The third-order valence-electron chi connectivity index (χ3n) is 5.95. The molecule has 0 radical (unpaired) electrons. The number of piperidine rings is 1. The number of carbonyl (C=O) groups excluding carboxylic acids is 2. The van der Waals surface area contributed by atoms with Crippen LogP contribution in [0.25, 0.3) is 0 Å². The van der Waals surface area contributed by atoms with Gasteiger partial charge in [-0.2, -0.15) is 0 Å². The molecule has 4 nitrogen and oxygen atoms in total. The lowest BCUT2D eigenvalue weighted by Gasteiger charge is -2.33. The second-order valence-corrected chi connectivity index (χ2v) is 8.04. The zero-order valence-corrected chi connectivity index (χ0v) is 16.0. The first kappa shape index (κ1) is 18.9.